The number of carbonyl (C=O) groups is 1. The third-order valence-corrected chi connectivity index (χ3v) is 5.16. The molecule has 0 atom stereocenters. The van der Waals surface area contributed by atoms with Crippen LogP contribution in [0.25, 0.3) is 5.69 Å². The normalized spacial score (nSPS) is 12.6. The first-order valence-corrected chi connectivity index (χ1v) is 9.30. The number of hydrogen-bond donors (Lipinski definition) is 3. The Hall–Kier alpha value is -2.99. The summed E-state index contributed by atoms with van der Waals surface area (Å²) in [4.78, 5) is 12.4. The minimum atomic E-state index is -0.228. The van der Waals surface area contributed by atoms with Crippen molar-refractivity contribution in [1.29, 1.82) is 0 Å². The van der Waals surface area contributed by atoms with Crippen LogP contribution < -0.4 is 5.32 Å². The zero-order valence-corrected chi connectivity index (χ0v) is 15.9. The largest absolute Gasteiger partial charge is 0.494 e. The number of carbonyl (C=O) groups excluding carboxylic acids is 1. The van der Waals surface area contributed by atoms with Gasteiger partial charge in [0.25, 0.3) is 5.91 Å². The minimum Gasteiger partial charge on any atom is -0.494 e. The Balaban J connectivity index is 1.59. The van der Waals surface area contributed by atoms with Gasteiger partial charge in [-0.25, -0.2) is 0 Å². The van der Waals surface area contributed by atoms with Gasteiger partial charge in [-0.2, -0.15) is 0 Å². The van der Waals surface area contributed by atoms with Gasteiger partial charge < -0.3 is 15.5 Å². The van der Waals surface area contributed by atoms with Crippen molar-refractivity contribution >= 4 is 27.5 Å². The molecule has 0 radical (unpaired) electrons. The lowest BCUT2D eigenvalue weighted by molar-refractivity contribution is 0.102. The van der Waals surface area contributed by atoms with E-state index in [1.54, 1.807) is 24.3 Å². The van der Waals surface area contributed by atoms with E-state index in [0.717, 1.165) is 15.6 Å². The number of aromatic hydroxyl groups is 2. The van der Waals surface area contributed by atoms with Crippen LogP contribution in [0.5, 0.6) is 11.8 Å². The number of aromatic nitrogens is 1. The molecule has 0 saturated carbocycles. The van der Waals surface area contributed by atoms with Crippen molar-refractivity contribution in [3.8, 4) is 17.4 Å². The first-order chi connectivity index (χ1) is 13.0. The molecule has 1 aliphatic carbocycles. The second kappa shape index (κ2) is 6.96. The van der Waals surface area contributed by atoms with Crippen LogP contribution in [0.15, 0.2) is 65.2 Å². The number of benzene rings is 2. The maximum absolute atomic E-state index is 12.4. The lowest BCUT2D eigenvalue weighted by Gasteiger charge is -2.09. The van der Waals surface area contributed by atoms with E-state index in [1.165, 1.54) is 4.57 Å². The van der Waals surface area contributed by atoms with Crippen LogP contribution in [0.4, 0.5) is 5.69 Å². The first kappa shape index (κ1) is 17.4. The summed E-state index contributed by atoms with van der Waals surface area (Å²) in [6.45, 7) is 0. The fourth-order valence-corrected chi connectivity index (χ4v) is 3.48. The van der Waals surface area contributed by atoms with Crippen molar-refractivity contribution in [2.75, 3.05) is 5.32 Å². The number of anilines is 1. The lowest BCUT2D eigenvalue weighted by atomic mass is 10.0. The van der Waals surface area contributed by atoms with E-state index in [2.05, 4.69) is 21.2 Å². The Bertz CT molecular complexity index is 1000. The van der Waals surface area contributed by atoms with Gasteiger partial charge in [-0.3, -0.25) is 9.36 Å². The molecule has 1 aromatic heterocycles. The minimum absolute atomic E-state index is 0.0407. The number of rotatable bonds is 3. The predicted molar refractivity (Wildman–Crippen MR) is 108 cm³/mol. The van der Waals surface area contributed by atoms with Crippen molar-refractivity contribution in [1.82, 2.24) is 4.57 Å². The molecule has 27 heavy (non-hydrogen) atoms. The van der Waals surface area contributed by atoms with Crippen LogP contribution in [-0.4, -0.2) is 20.7 Å². The molecule has 0 unspecified atom stereocenters. The molecule has 0 fully saturated rings. The van der Waals surface area contributed by atoms with Gasteiger partial charge in [-0.15, -0.1) is 0 Å². The molecule has 3 aromatic rings. The average molecular weight is 425 g/mol. The molecule has 3 N–H and O–H groups in total. The monoisotopic (exact) mass is 424 g/mol. The van der Waals surface area contributed by atoms with E-state index >= 15 is 0 Å². The first-order valence-electron chi connectivity index (χ1n) is 8.51. The molecule has 6 heteroatoms. The smallest absolute Gasteiger partial charge is 0.255 e. The Morgan fingerprint density at radius 2 is 1.44 bits per heavy atom. The van der Waals surface area contributed by atoms with Crippen molar-refractivity contribution in [3.63, 3.8) is 0 Å². The van der Waals surface area contributed by atoms with E-state index in [0.29, 0.717) is 29.8 Å². The summed E-state index contributed by atoms with van der Waals surface area (Å²) in [5, 5.41) is 23.8. The quantitative estimate of drug-likeness (QED) is 0.539. The molecule has 1 amide bonds. The highest BCUT2D eigenvalue weighted by molar-refractivity contribution is 9.10. The van der Waals surface area contributed by atoms with Gasteiger partial charge in [-0.05, 0) is 61.4 Å². The van der Waals surface area contributed by atoms with E-state index in [4.69, 9.17) is 0 Å². The molecule has 0 spiro atoms. The zero-order valence-electron chi connectivity index (χ0n) is 14.3. The van der Waals surface area contributed by atoms with Crippen molar-refractivity contribution in [2.45, 2.75) is 12.8 Å². The maximum atomic E-state index is 12.4. The number of hydrogen-bond acceptors (Lipinski definition) is 3. The molecule has 2 aromatic carbocycles. The molecular weight excluding hydrogens is 408 g/mol. The Kier molecular flexibility index (Phi) is 4.49. The summed E-state index contributed by atoms with van der Waals surface area (Å²) in [7, 11) is 0. The fraction of sp³-hybridized carbons (Fsp3) is 0.0952. The van der Waals surface area contributed by atoms with Gasteiger partial charge in [0.1, 0.15) is 0 Å². The molecule has 0 saturated heterocycles. The summed E-state index contributed by atoms with van der Waals surface area (Å²) < 4.78 is 2.35. The highest BCUT2D eigenvalue weighted by atomic mass is 79.9. The molecule has 5 nitrogen and oxygen atoms in total. The highest BCUT2D eigenvalue weighted by Gasteiger charge is 2.23. The number of amides is 1. The van der Waals surface area contributed by atoms with Crippen LogP contribution in [0, 0.1) is 0 Å². The van der Waals surface area contributed by atoms with Crippen LogP contribution in [0.1, 0.15) is 21.5 Å². The summed E-state index contributed by atoms with van der Waals surface area (Å²) in [5.41, 5.74) is 3.27. The highest BCUT2D eigenvalue weighted by Crippen LogP contribution is 2.39. The van der Waals surface area contributed by atoms with Gasteiger partial charge in [-0.1, -0.05) is 28.1 Å². The number of fused-ring (bicyclic) bond motifs is 1. The second-order valence-electron chi connectivity index (χ2n) is 6.33. The van der Waals surface area contributed by atoms with Crippen molar-refractivity contribution in [3.05, 3.63) is 81.8 Å². The number of allylic oxidation sites excluding steroid dienone is 2. The number of nitrogens with one attached hydrogen (secondary N) is 1. The second-order valence-corrected chi connectivity index (χ2v) is 7.24. The van der Waals surface area contributed by atoms with Crippen LogP contribution in [-0.2, 0) is 12.8 Å². The Labute approximate surface area is 164 Å². The SMILES string of the molecule is O=C(Nc1ccc(Br)cc1)c1ccc(-n2c(O)c3c(c2O)CC=CC3)cc1. The van der Waals surface area contributed by atoms with Gasteiger partial charge in [0.05, 0.1) is 5.69 Å². The van der Waals surface area contributed by atoms with E-state index in [9.17, 15) is 15.0 Å². The van der Waals surface area contributed by atoms with E-state index in [-0.39, 0.29) is 17.7 Å². The van der Waals surface area contributed by atoms with Gasteiger partial charge in [0.2, 0.25) is 11.8 Å². The Morgan fingerprint density at radius 3 is 2.00 bits per heavy atom. The average Bonchev–Trinajstić information content (AvgIpc) is 2.95. The van der Waals surface area contributed by atoms with Crippen molar-refractivity contribution in [2.24, 2.45) is 0 Å². The predicted octanol–water partition coefficient (Wildman–Crippen LogP) is 4.56. The van der Waals surface area contributed by atoms with Crippen LogP contribution >= 0.6 is 15.9 Å². The Morgan fingerprint density at radius 1 is 0.889 bits per heavy atom. The fourth-order valence-electron chi connectivity index (χ4n) is 3.21. The van der Waals surface area contributed by atoms with E-state index < -0.39 is 0 Å². The maximum Gasteiger partial charge on any atom is 0.255 e. The third kappa shape index (κ3) is 3.24. The van der Waals surface area contributed by atoms with Gasteiger partial charge in [0.15, 0.2) is 0 Å². The van der Waals surface area contributed by atoms with Gasteiger partial charge >= 0.3 is 0 Å². The molecule has 4 rings (SSSR count). The number of nitrogens with zero attached hydrogens (tertiary/aromatic N) is 1. The third-order valence-electron chi connectivity index (χ3n) is 4.63. The molecule has 136 valence electrons. The summed E-state index contributed by atoms with van der Waals surface area (Å²) in [5.74, 6) is -0.147. The molecule has 1 aliphatic rings. The summed E-state index contributed by atoms with van der Waals surface area (Å²) in [6.07, 6.45) is 5.13. The topological polar surface area (TPSA) is 74.5 Å². The molecular formula is C21H17BrN2O3. The lowest BCUT2D eigenvalue weighted by Crippen LogP contribution is -2.11. The zero-order chi connectivity index (χ0) is 19.0. The van der Waals surface area contributed by atoms with Crippen LogP contribution in [0.2, 0.25) is 0 Å². The molecule has 0 aliphatic heterocycles. The van der Waals surface area contributed by atoms with E-state index in [1.807, 2.05) is 36.4 Å². The number of halogens is 1. The van der Waals surface area contributed by atoms with Crippen LogP contribution in [0.3, 0.4) is 0 Å². The van der Waals surface area contributed by atoms with Gasteiger partial charge in [0, 0.05) is 26.9 Å². The molecule has 0 bridgehead atoms. The molecule has 1 heterocycles. The standard InChI is InChI=1S/C21H17BrN2O3/c22-14-7-9-15(10-8-14)23-19(25)13-5-11-16(12-6-13)24-20(26)17-3-1-2-4-18(17)21(24)27/h1-2,5-12,26-27H,3-4H2,(H,23,25). The van der Waals surface area contributed by atoms with Crippen molar-refractivity contribution < 1.29 is 15.0 Å². The summed E-state index contributed by atoms with van der Waals surface area (Å²) >= 11 is 3.36. The summed E-state index contributed by atoms with van der Waals surface area (Å²) in [6, 6.07) is 14.1.